The lowest BCUT2D eigenvalue weighted by atomic mass is 10.2. The van der Waals surface area contributed by atoms with E-state index in [9.17, 15) is 9.90 Å². The fraction of sp³-hybridized carbons (Fsp3) is 0.364. The van der Waals surface area contributed by atoms with Crippen LogP contribution in [-0.4, -0.2) is 35.3 Å². The Balaban J connectivity index is 1.87. The molecule has 6 nitrogen and oxygen atoms in total. The number of rotatable bonds is 9. The number of hydrogen-bond acceptors (Lipinski definition) is 4. The van der Waals surface area contributed by atoms with Crippen LogP contribution < -0.4 is 4.74 Å². The van der Waals surface area contributed by atoms with Crippen molar-refractivity contribution in [3.63, 3.8) is 0 Å². The molecule has 7 heteroatoms. The van der Waals surface area contributed by atoms with Crippen LogP contribution >= 0.6 is 0 Å². The highest BCUT2D eigenvalue weighted by Crippen LogP contribution is 2.29. The fourth-order valence-electron chi connectivity index (χ4n) is 2.97. The van der Waals surface area contributed by atoms with Gasteiger partial charge in [-0.25, -0.2) is 9.78 Å². The van der Waals surface area contributed by atoms with Crippen molar-refractivity contribution < 1.29 is 19.4 Å². The third-order valence-electron chi connectivity index (χ3n) is 4.71. The summed E-state index contributed by atoms with van der Waals surface area (Å²) in [6, 6.07) is 14.0. The number of nitrogens with zero attached hydrogens (tertiary/aromatic N) is 2. The van der Waals surface area contributed by atoms with E-state index in [0.717, 1.165) is 17.4 Å². The van der Waals surface area contributed by atoms with Gasteiger partial charge in [0.05, 0.1) is 11.1 Å². The van der Waals surface area contributed by atoms with E-state index in [4.69, 9.17) is 9.47 Å². The fourth-order valence-corrected chi connectivity index (χ4v) is 3.73. The third-order valence-corrected chi connectivity index (χ3v) is 6.41. The minimum absolute atomic E-state index is 0.170. The van der Waals surface area contributed by atoms with Crippen molar-refractivity contribution in [2.24, 2.45) is 0 Å². The Hall–Kier alpha value is -2.64. The summed E-state index contributed by atoms with van der Waals surface area (Å²) in [5, 5.41) is 9.54. The normalized spacial score (nSPS) is 11.7. The second-order valence-electron chi connectivity index (χ2n) is 8.36. The van der Waals surface area contributed by atoms with Crippen LogP contribution in [0, 0.1) is 6.92 Å². The maximum atomic E-state index is 11.6. The molecule has 3 aromatic rings. The molecule has 0 saturated heterocycles. The highest BCUT2D eigenvalue weighted by molar-refractivity contribution is 6.76. The van der Waals surface area contributed by atoms with Crippen molar-refractivity contribution in [1.82, 2.24) is 9.55 Å². The van der Waals surface area contributed by atoms with Gasteiger partial charge in [-0.1, -0.05) is 50.0 Å². The van der Waals surface area contributed by atoms with Gasteiger partial charge in [-0.15, -0.1) is 0 Å². The molecule has 0 fully saturated rings. The van der Waals surface area contributed by atoms with E-state index < -0.39 is 14.0 Å². The van der Waals surface area contributed by atoms with E-state index in [0.29, 0.717) is 36.7 Å². The van der Waals surface area contributed by atoms with Crippen LogP contribution in [0.4, 0.5) is 0 Å². The van der Waals surface area contributed by atoms with Crippen LogP contribution in [0.25, 0.3) is 11.0 Å². The van der Waals surface area contributed by atoms with Gasteiger partial charge >= 0.3 is 5.97 Å². The number of fused-ring (bicyclic) bond motifs is 1. The van der Waals surface area contributed by atoms with Gasteiger partial charge in [0.1, 0.15) is 30.4 Å². The molecule has 0 amide bonds. The molecule has 0 radical (unpaired) electrons. The number of benzene rings is 2. The van der Waals surface area contributed by atoms with E-state index in [1.165, 1.54) is 6.07 Å². The first-order valence-corrected chi connectivity index (χ1v) is 13.4. The molecule has 154 valence electrons. The van der Waals surface area contributed by atoms with Crippen molar-refractivity contribution in [3.8, 4) is 5.75 Å². The lowest BCUT2D eigenvalue weighted by Gasteiger charge is -2.16. The average Bonchev–Trinajstić information content (AvgIpc) is 2.98. The number of aromatic nitrogens is 2. The van der Waals surface area contributed by atoms with E-state index in [1.807, 2.05) is 41.8 Å². The molecule has 0 unspecified atom stereocenters. The highest BCUT2D eigenvalue weighted by atomic mass is 28.3. The summed E-state index contributed by atoms with van der Waals surface area (Å²) in [7, 11) is -1.17. The molecule has 1 heterocycles. The summed E-state index contributed by atoms with van der Waals surface area (Å²) in [4.78, 5) is 16.3. The van der Waals surface area contributed by atoms with Crippen LogP contribution in [0.1, 0.15) is 21.7 Å². The minimum Gasteiger partial charge on any atom is -0.487 e. The molecule has 0 bridgehead atoms. The predicted octanol–water partition coefficient (Wildman–Crippen LogP) is 4.93. The maximum absolute atomic E-state index is 11.6. The molecule has 0 spiro atoms. The summed E-state index contributed by atoms with van der Waals surface area (Å²) in [5.41, 5.74) is 2.53. The standard InChI is InChI=1S/C22H28N2O4Si/c1-16-23-21-19(24(16)15-27-10-11-29(2,3)4)12-18(22(25)26)13-20(21)28-14-17-8-6-5-7-9-17/h5-9,12-13H,10-11,14-15H2,1-4H3,(H,25,26). The van der Waals surface area contributed by atoms with Gasteiger partial charge in [0.25, 0.3) is 0 Å². The number of aromatic carboxylic acids is 1. The number of carboxylic acids is 1. The number of carboxylic acid groups (broad SMARTS) is 1. The van der Waals surface area contributed by atoms with E-state index >= 15 is 0 Å². The lowest BCUT2D eigenvalue weighted by Crippen LogP contribution is -2.22. The number of hydrogen-bond donors (Lipinski definition) is 1. The SMILES string of the molecule is Cc1nc2c(OCc3ccccc3)cc(C(=O)O)cc2n1COCC[Si](C)(C)C. The largest absolute Gasteiger partial charge is 0.487 e. The molecule has 1 N–H and O–H groups in total. The zero-order chi connectivity index (χ0) is 21.0. The van der Waals surface area contributed by atoms with Crippen LogP contribution in [0.2, 0.25) is 25.7 Å². The first-order chi connectivity index (χ1) is 13.7. The van der Waals surface area contributed by atoms with Crippen molar-refractivity contribution in [3.05, 3.63) is 59.4 Å². The molecular formula is C22H28N2O4Si. The Labute approximate surface area is 172 Å². The molecule has 0 atom stereocenters. The van der Waals surface area contributed by atoms with Crippen molar-refractivity contribution in [2.45, 2.75) is 45.9 Å². The van der Waals surface area contributed by atoms with Crippen molar-refractivity contribution >= 4 is 25.1 Å². The topological polar surface area (TPSA) is 73.6 Å². The van der Waals surface area contributed by atoms with Gasteiger partial charge in [0.2, 0.25) is 0 Å². The Morgan fingerprint density at radius 3 is 2.55 bits per heavy atom. The highest BCUT2D eigenvalue weighted by Gasteiger charge is 2.18. The van der Waals surface area contributed by atoms with E-state index in [-0.39, 0.29) is 5.56 Å². The summed E-state index contributed by atoms with van der Waals surface area (Å²) in [6.07, 6.45) is 0. The second kappa shape index (κ2) is 8.80. The second-order valence-corrected chi connectivity index (χ2v) is 14.0. The van der Waals surface area contributed by atoms with Crippen LogP contribution in [0.5, 0.6) is 5.75 Å². The molecule has 0 aliphatic heterocycles. The number of carbonyl (C=O) groups is 1. The Kier molecular flexibility index (Phi) is 6.39. The first-order valence-electron chi connectivity index (χ1n) is 9.73. The van der Waals surface area contributed by atoms with Crippen LogP contribution in [-0.2, 0) is 18.1 Å². The molecule has 0 aliphatic carbocycles. The third kappa shape index (κ3) is 5.46. The van der Waals surface area contributed by atoms with Crippen molar-refractivity contribution in [1.29, 1.82) is 0 Å². The molecule has 3 rings (SSSR count). The van der Waals surface area contributed by atoms with Gasteiger partial charge < -0.3 is 19.1 Å². The summed E-state index contributed by atoms with van der Waals surface area (Å²) >= 11 is 0. The van der Waals surface area contributed by atoms with Gasteiger partial charge in [-0.2, -0.15) is 0 Å². The molecule has 0 aliphatic rings. The molecule has 0 saturated carbocycles. The zero-order valence-corrected chi connectivity index (χ0v) is 18.4. The molecular weight excluding hydrogens is 384 g/mol. The summed E-state index contributed by atoms with van der Waals surface area (Å²) in [6.45, 7) is 10.2. The van der Waals surface area contributed by atoms with Gasteiger partial charge in [-0.3, -0.25) is 0 Å². The average molecular weight is 413 g/mol. The number of imidazole rings is 1. The minimum atomic E-state index is -1.17. The summed E-state index contributed by atoms with van der Waals surface area (Å²) < 4.78 is 13.7. The zero-order valence-electron chi connectivity index (χ0n) is 17.4. The predicted molar refractivity (Wildman–Crippen MR) is 116 cm³/mol. The van der Waals surface area contributed by atoms with Crippen molar-refractivity contribution in [2.75, 3.05) is 6.61 Å². The first kappa shape index (κ1) is 21.1. The number of ether oxygens (including phenoxy) is 2. The Morgan fingerprint density at radius 2 is 1.90 bits per heavy atom. The Bertz CT molecular complexity index is 993. The molecule has 2 aromatic carbocycles. The van der Waals surface area contributed by atoms with Crippen LogP contribution in [0.15, 0.2) is 42.5 Å². The van der Waals surface area contributed by atoms with Gasteiger partial charge in [0, 0.05) is 14.7 Å². The van der Waals surface area contributed by atoms with E-state index in [2.05, 4.69) is 24.6 Å². The molecule has 29 heavy (non-hydrogen) atoms. The monoisotopic (exact) mass is 412 g/mol. The van der Waals surface area contributed by atoms with Gasteiger partial charge in [0.15, 0.2) is 0 Å². The quantitative estimate of drug-likeness (QED) is 0.398. The van der Waals surface area contributed by atoms with Gasteiger partial charge in [-0.05, 0) is 30.7 Å². The number of aryl methyl sites for hydroxylation is 1. The Morgan fingerprint density at radius 1 is 1.17 bits per heavy atom. The van der Waals surface area contributed by atoms with Crippen LogP contribution in [0.3, 0.4) is 0 Å². The maximum Gasteiger partial charge on any atom is 0.335 e. The lowest BCUT2D eigenvalue weighted by molar-refractivity contribution is 0.0696. The smallest absolute Gasteiger partial charge is 0.335 e. The summed E-state index contributed by atoms with van der Waals surface area (Å²) in [5.74, 6) is 0.231. The molecule has 1 aromatic heterocycles. The van der Waals surface area contributed by atoms with E-state index in [1.54, 1.807) is 6.07 Å².